The minimum Gasteiger partial charge on any atom is -0.356 e. The van der Waals surface area contributed by atoms with Gasteiger partial charge in [-0.15, -0.1) is 24.0 Å². The van der Waals surface area contributed by atoms with Crippen LogP contribution in [0.1, 0.15) is 18.9 Å². The Hall–Kier alpha value is -1.02. The minimum absolute atomic E-state index is 0. The Balaban J connectivity index is 0.00000441. The highest BCUT2D eigenvalue weighted by Gasteiger charge is 2.05. The maximum atomic E-state index is 11.6. The molecule has 1 amide bonds. The standard InChI is InChI=1S/C15H23ClN4O.HI/c1-4-8-17-15(19-11-14(21)20(2)3)18-10-12-6-5-7-13(16)9-12;/h5-7,9H,4,8,10-11H2,1-3H3,(H2,17,18,19);1H. The van der Waals surface area contributed by atoms with Gasteiger partial charge >= 0.3 is 0 Å². The zero-order chi connectivity index (χ0) is 15.7. The van der Waals surface area contributed by atoms with Gasteiger partial charge in [-0.25, -0.2) is 4.99 Å². The van der Waals surface area contributed by atoms with Crippen molar-refractivity contribution in [1.29, 1.82) is 0 Å². The van der Waals surface area contributed by atoms with E-state index in [2.05, 4.69) is 22.5 Å². The number of aliphatic imine (C=N–C) groups is 1. The van der Waals surface area contributed by atoms with Gasteiger partial charge in [0.25, 0.3) is 0 Å². The van der Waals surface area contributed by atoms with Gasteiger partial charge < -0.3 is 15.5 Å². The smallest absolute Gasteiger partial charge is 0.241 e. The summed E-state index contributed by atoms with van der Waals surface area (Å²) >= 11 is 5.95. The molecule has 0 aliphatic rings. The second-order valence-electron chi connectivity index (χ2n) is 4.86. The molecule has 0 aliphatic heterocycles. The molecule has 0 aromatic heterocycles. The Kier molecular flexibility index (Phi) is 11.0. The maximum Gasteiger partial charge on any atom is 0.241 e. The first-order valence-electron chi connectivity index (χ1n) is 6.99. The lowest BCUT2D eigenvalue weighted by atomic mass is 10.2. The van der Waals surface area contributed by atoms with Crippen LogP contribution in [0.5, 0.6) is 0 Å². The predicted octanol–water partition coefficient (Wildman–Crippen LogP) is 2.49. The van der Waals surface area contributed by atoms with Gasteiger partial charge in [0, 0.05) is 25.7 Å². The van der Waals surface area contributed by atoms with Crippen molar-refractivity contribution < 1.29 is 4.79 Å². The summed E-state index contributed by atoms with van der Waals surface area (Å²) in [7, 11) is 3.46. The van der Waals surface area contributed by atoms with Crippen molar-refractivity contribution in [3.05, 3.63) is 34.9 Å². The highest BCUT2D eigenvalue weighted by atomic mass is 127. The minimum atomic E-state index is 0. The molecule has 5 nitrogen and oxygen atoms in total. The van der Waals surface area contributed by atoms with Gasteiger partial charge in [0.1, 0.15) is 0 Å². The molecule has 1 aromatic rings. The summed E-state index contributed by atoms with van der Waals surface area (Å²) in [5, 5.41) is 6.91. The molecule has 1 aromatic carbocycles. The van der Waals surface area contributed by atoms with Crippen molar-refractivity contribution in [2.45, 2.75) is 19.9 Å². The molecule has 0 heterocycles. The number of hydrogen-bond acceptors (Lipinski definition) is 2. The van der Waals surface area contributed by atoms with Gasteiger partial charge in [-0.2, -0.15) is 0 Å². The van der Waals surface area contributed by atoms with Crippen molar-refractivity contribution in [1.82, 2.24) is 15.5 Å². The lowest BCUT2D eigenvalue weighted by molar-refractivity contribution is -0.127. The van der Waals surface area contributed by atoms with Crippen LogP contribution in [0.4, 0.5) is 0 Å². The van der Waals surface area contributed by atoms with E-state index in [0.29, 0.717) is 17.5 Å². The molecular formula is C15H24ClIN4O. The first-order valence-corrected chi connectivity index (χ1v) is 7.37. The fraction of sp³-hybridized carbons (Fsp3) is 0.467. The van der Waals surface area contributed by atoms with E-state index in [1.165, 1.54) is 0 Å². The fourth-order valence-corrected chi connectivity index (χ4v) is 1.75. The van der Waals surface area contributed by atoms with Crippen LogP contribution >= 0.6 is 35.6 Å². The molecule has 124 valence electrons. The second kappa shape index (κ2) is 11.5. The van der Waals surface area contributed by atoms with Crippen LogP contribution in [0.25, 0.3) is 0 Å². The van der Waals surface area contributed by atoms with E-state index in [1.54, 1.807) is 19.0 Å². The molecule has 0 spiro atoms. The van der Waals surface area contributed by atoms with Gasteiger partial charge in [-0.05, 0) is 24.1 Å². The summed E-state index contributed by atoms with van der Waals surface area (Å²) in [5.74, 6) is 0.635. The fourth-order valence-electron chi connectivity index (χ4n) is 1.54. The molecule has 0 saturated heterocycles. The van der Waals surface area contributed by atoms with Crippen molar-refractivity contribution in [2.24, 2.45) is 4.99 Å². The SMILES string of the molecule is CCCNC(=NCc1cccc(Cl)c1)NCC(=O)N(C)C.I. The summed E-state index contributed by atoms with van der Waals surface area (Å²) in [6, 6.07) is 7.58. The van der Waals surface area contributed by atoms with E-state index < -0.39 is 0 Å². The van der Waals surface area contributed by atoms with Crippen molar-refractivity contribution in [3.8, 4) is 0 Å². The number of amides is 1. The average molecular weight is 439 g/mol. The number of benzene rings is 1. The molecule has 0 saturated carbocycles. The monoisotopic (exact) mass is 438 g/mol. The highest BCUT2D eigenvalue weighted by molar-refractivity contribution is 14.0. The number of guanidine groups is 1. The summed E-state index contributed by atoms with van der Waals surface area (Å²) < 4.78 is 0. The van der Waals surface area contributed by atoms with Crippen LogP contribution in [-0.2, 0) is 11.3 Å². The average Bonchev–Trinajstić information content (AvgIpc) is 2.46. The third-order valence-corrected chi connectivity index (χ3v) is 2.99. The molecule has 0 aliphatic carbocycles. The predicted molar refractivity (Wildman–Crippen MR) is 103 cm³/mol. The molecular weight excluding hydrogens is 415 g/mol. The quantitative estimate of drug-likeness (QED) is 0.408. The Morgan fingerprint density at radius 2 is 2.05 bits per heavy atom. The van der Waals surface area contributed by atoms with Gasteiger partial charge in [0.15, 0.2) is 5.96 Å². The second-order valence-corrected chi connectivity index (χ2v) is 5.30. The lowest BCUT2D eigenvalue weighted by Gasteiger charge is -2.14. The molecule has 7 heteroatoms. The third-order valence-electron chi connectivity index (χ3n) is 2.76. The van der Waals surface area contributed by atoms with E-state index in [1.807, 2.05) is 24.3 Å². The topological polar surface area (TPSA) is 56.7 Å². The summed E-state index contributed by atoms with van der Waals surface area (Å²) in [5.41, 5.74) is 1.03. The third kappa shape index (κ3) is 8.43. The molecule has 0 fully saturated rings. The van der Waals surface area contributed by atoms with Gasteiger partial charge in [-0.3, -0.25) is 4.79 Å². The zero-order valence-corrected chi connectivity index (χ0v) is 16.3. The number of likely N-dealkylation sites (N-methyl/N-ethyl adjacent to an activating group) is 1. The normalized spacial score (nSPS) is 10.6. The summed E-state index contributed by atoms with van der Waals surface area (Å²) in [6.07, 6.45) is 0.986. The number of carbonyl (C=O) groups is 1. The van der Waals surface area contributed by atoms with Gasteiger partial charge in [0.05, 0.1) is 13.1 Å². The number of nitrogens with zero attached hydrogens (tertiary/aromatic N) is 2. The van der Waals surface area contributed by atoms with E-state index >= 15 is 0 Å². The summed E-state index contributed by atoms with van der Waals surface area (Å²) in [6.45, 7) is 3.61. The number of nitrogens with one attached hydrogen (secondary N) is 2. The van der Waals surface area contributed by atoms with E-state index in [-0.39, 0.29) is 36.4 Å². The Bertz CT molecular complexity index is 494. The molecule has 2 N–H and O–H groups in total. The van der Waals surface area contributed by atoms with Crippen LogP contribution in [0.15, 0.2) is 29.3 Å². The highest BCUT2D eigenvalue weighted by Crippen LogP contribution is 2.11. The van der Waals surface area contributed by atoms with Crippen LogP contribution in [-0.4, -0.2) is 44.0 Å². The Labute approximate surface area is 154 Å². The first-order chi connectivity index (χ1) is 10.0. The Morgan fingerprint density at radius 1 is 1.32 bits per heavy atom. The van der Waals surface area contributed by atoms with Crippen LogP contribution in [0.2, 0.25) is 5.02 Å². The number of rotatable bonds is 6. The van der Waals surface area contributed by atoms with Crippen LogP contribution in [0, 0.1) is 0 Å². The van der Waals surface area contributed by atoms with Crippen molar-refractivity contribution >= 4 is 47.4 Å². The molecule has 0 unspecified atom stereocenters. The van der Waals surface area contributed by atoms with Crippen molar-refractivity contribution in [3.63, 3.8) is 0 Å². The van der Waals surface area contributed by atoms with Gasteiger partial charge in [0.2, 0.25) is 5.91 Å². The molecule has 0 atom stereocenters. The van der Waals surface area contributed by atoms with E-state index in [4.69, 9.17) is 11.6 Å². The van der Waals surface area contributed by atoms with Crippen molar-refractivity contribution in [2.75, 3.05) is 27.2 Å². The zero-order valence-electron chi connectivity index (χ0n) is 13.2. The largest absolute Gasteiger partial charge is 0.356 e. The summed E-state index contributed by atoms with van der Waals surface area (Å²) in [4.78, 5) is 17.6. The van der Waals surface area contributed by atoms with Gasteiger partial charge in [-0.1, -0.05) is 30.7 Å². The molecule has 0 radical (unpaired) electrons. The first kappa shape index (κ1) is 21.0. The Morgan fingerprint density at radius 3 is 2.64 bits per heavy atom. The number of carbonyl (C=O) groups excluding carboxylic acids is 1. The molecule has 0 bridgehead atoms. The van der Waals surface area contributed by atoms with Crippen LogP contribution in [0.3, 0.4) is 0 Å². The number of halogens is 2. The van der Waals surface area contributed by atoms with E-state index in [0.717, 1.165) is 18.5 Å². The lowest BCUT2D eigenvalue weighted by Crippen LogP contribution is -2.43. The number of hydrogen-bond donors (Lipinski definition) is 2. The van der Waals surface area contributed by atoms with Crippen LogP contribution < -0.4 is 10.6 Å². The maximum absolute atomic E-state index is 11.6. The molecule has 1 rings (SSSR count). The van der Waals surface area contributed by atoms with E-state index in [9.17, 15) is 4.79 Å². The molecule has 22 heavy (non-hydrogen) atoms.